The van der Waals surface area contributed by atoms with Crippen molar-refractivity contribution >= 4 is 50.8 Å². The Bertz CT molecular complexity index is 771. The van der Waals surface area contributed by atoms with Gasteiger partial charge in [-0.15, -0.1) is 11.8 Å². The smallest absolute Gasteiger partial charge is 0.316 e. The molecule has 1 fully saturated rings. The number of amides is 1. The average Bonchev–Trinajstić information content (AvgIpc) is 2.88. The molecule has 1 aliphatic heterocycles. The van der Waals surface area contributed by atoms with Gasteiger partial charge in [-0.3, -0.25) is 9.59 Å². The molecule has 0 saturated carbocycles. The lowest BCUT2D eigenvalue weighted by Crippen LogP contribution is -2.30. The van der Waals surface area contributed by atoms with Crippen LogP contribution in [-0.4, -0.2) is 48.9 Å². The molecule has 1 saturated heterocycles. The lowest BCUT2D eigenvalue weighted by atomic mass is 10.3. The highest BCUT2D eigenvalue weighted by Gasteiger charge is 2.29. The molecule has 10 heteroatoms. The Balaban J connectivity index is 1.78. The quantitative estimate of drug-likeness (QED) is 0.725. The topological polar surface area (TPSA) is 89.5 Å². The fraction of sp³-hybridized carbons (Fsp3) is 0.467. The van der Waals surface area contributed by atoms with Crippen molar-refractivity contribution in [2.45, 2.75) is 24.7 Å². The predicted molar refractivity (Wildman–Crippen MR) is 95.1 cm³/mol. The molecule has 25 heavy (non-hydrogen) atoms. The number of anilines is 1. The molecule has 0 aromatic heterocycles. The number of carbonyl (C=O) groups excluding carboxylic acids is 2. The van der Waals surface area contributed by atoms with Crippen LogP contribution in [0.15, 0.2) is 18.2 Å². The van der Waals surface area contributed by atoms with E-state index in [1.807, 2.05) is 0 Å². The summed E-state index contributed by atoms with van der Waals surface area (Å²) in [7, 11) is -3.00. The van der Waals surface area contributed by atoms with Crippen molar-refractivity contribution in [3.63, 3.8) is 0 Å². The predicted octanol–water partition coefficient (Wildman–Crippen LogP) is 2.27. The molecule has 0 unspecified atom stereocenters. The largest absolute Gasteiger partial charge is 0.452 e. The van der Waals surface area contributed by atoms with Gasteiger partial charge in [0.05, 0.1) is 22.3 Å². The standard InChI is InChI=1S/C15H17ClFNO5S2/c1-9(15(20)18-10-2-3-13(17)12(16)6-10)23-14(19)7-24-11-4-5-25(21,22)8-11/h2-3,6,9,11H,4-5,7-8H2,1H3,(H,18,20)/t9-,11+/m0/s1. The Kier molecular flexibility index (Phi) is 6.70. The molecule has 1 amide bonds. The van der Waals surface area contributed by atoms with Crippen molar-refractivity contribution in [3.05, 3.63) is 29.0 Å². The minimum atomic E-state index is -3.00. The summed E-state index contributed by atoms with van der Waals surface area (Å²) in [4.78, 5) is 23.8. The Morgan fingerprint density at radius 1 is 1.48 bits per heavy atom. The van der Waals surface area contributed by atoms with Crippen molar-refractivity contribution in [2.75, 3.05) is 22.6 Å². The SMILES string of the molecule is C[C@H](OC(=O)CS[C@@H]1CCS(=O)(=O)C1)C(=O)Nc1ccc(F)c(Cl)c1. The minimum Gasteiger partial charge on any atom is -0.452 e. The van der Waals surface area contributed by atoms with Gasteiger partial charge in [0.25, 0.3) is 5.91 Å². The second kappa shape index (κ2) is 8.37. The molecule has 2 atom stereocenters. The van der Waals surface area contributed by atoms with Crippen molar-refractivity contribution in [3.8, 4) is 0 Å². The molecule has 0 aliphatic carbocycles. The number of thioether (sulfide) groups is 1. The first kappa shape index (κ1) is 20.0. The zero-order valence-corrected chi connectivity index (χ0v) is 15.7. The first-order chi connectivity index (χ1) is 11.7. The van der Waals surface area contributed by atoms with Gasteiger partial charge in [0.1, 0.15) is 5.82 Å². The molecular weight excluding hydrogens is 393 g/mol. The zero-order valence-electron chi connectivity index (χ0n) is 13.3. The summed E-state index contributed by atoms with van der Waals surface area (Å²) in [6.07, 6.45) is -0.536. The van der Waals surface area contributed by atoms with Crippen LogP contribution in [-0.2, 0) is 24.2 Å². The minimum absolute atomic E-state index is 0.0276. The maximum Gasteiger partial charge on any atom is 0.316 e. The fourth-order valence-corrected chi connectivity index (χ4v) is 5.79. The van der Waals surface area contributed by atoms with Crippen LogP contribution < -0.4 is 5.32 Å². The zero-order chi connectivity index (χ0) is 18.6. The van der Waals surface area contributed by atoms with E-state index in [2.05, 4.69) is 5.32 Å². The number of ether oxygens (including phenoxy) is 1. The van der Waals surface area contributed by atoms with Crippen LogP contribution in [0, 0.1) is 5.82 Å². The Hall–Kier alpha value is -1.32. The van der Waals surface area contributed by atoms with E-state index in [4.69, 9.17) is 16.3 Å². The molecule has 1 aromatic carbocycles. The number of hydrogen-bond acceptors (Lipinski definition) is 6. The van der Waals surface area contributed by atoms with E-state index in [-0.39, 0.29) is 33.2 Å². The van der Waals surface area contributed by atoms with Crippen molar-refractivity contribution in [2.24, 2.45) is 0 Å². The Labute approximate surface area is 154 Å². The van der Waals surface area contributed by atoms with Crippen molar-refractivity contribution in [1.29, 1.82) is 0 Å². The van der Waals surface area contributed by atoms with Crippen molar-refractivity contribution in [1.82, 2.24) is 0 Å². The third-order valence-electron chi connectivity index (χ3n) is 3.49. The van der Waals surface area contributed by atoms with E-state index >= 15 is 0 Å². The lowest BCUT2D eigenvalue weighted by molar-refractivity contribution is -0.150. The van der Waals surface area contributed by atoms with E-state index in [0.717, 1.165) is 6.07 Å². The van der Waals surface area contributed by atoms with E-state index in [9.17, 15) is 22.4 Å². The number of benzene rings is 1. The van der Waals surface area contributed by atoms with E-state index in [1.54, 1.807) is 0 Å². The van der Waals surface area contributed by atoms with Gasteiger partial charge in [-0.05, 0) is 31.5 Å². The van der Waals surface area contributed by atoms with Gasteiger partial charge in [-0.2, -0.15) is 0 Å². The fourth-order valence-electron chi connectivity index (χ4n) is 2.18. The second-order valence-electron chi connectivity index (χ2n) is 5.59. The number of nitrogens with one attached hydrogen (secondary N) is 1. The first-order valence-electron chi connectivity index (χ1n) is 7.44. The number of carbonyl (C=O) groups is 2. The summed E-state index contributed by atoms with van der Waals surface area (Å²) >= 11 is 6.84. The molecule has 0 radical (unpaired) electrons. The summed E-state index contributed by atoms with van der Waals surface area (Å²) < 4.78 is 40.8. The Morgan fingerprint density at radius 2 is 2.20 bits per heavy atom. The molecular formula is C15H17ClFNO5S2. The van der Waals surface area contributed by atoms with Crippen LogP contribution in [0.4, 0.5) is 10.1 Å². The van der Waals surface area contributed by atoms with Gasteiger partial charge in [-0.25, -0.2) is 12.8 Å². The van der Waals surface area contributed by atoms with Gasteiger partial charge >= 0.3 is 5.97 Å². The summed E-state index contributed by atoms with van der Waals surface area (Å²) in [5.74, 6) is -1.62. The van der Waals surface area contributed by atoms with E-state index in [0.29, 0.717) is 6.42 Å². The monoisotopic (exact) mass is 409 g/mol. The van der Waals surface area contributed by atoms with Gasteiger partial charge in [0.2, 0.25) is 0 Å². The molecule has 1 heterocycles. The highest BCUT2D eigenvalue weighted by atomic mass is 35.5. The third-order valence-corrected chi connectivity index (χ3v) is 7.04. The van der Waals surface area contributed by atoms with Crippen LogP contribution in [0.25, 0.3) is 0 Å². The van der Waals surface area contributed by atoms with Gasteiger partial charge in [0, 0.05) is 10.9 Å². The van der Waals surface area contributed by atoms with E-state index in [1.165, 1.54) is 30.8 Å². The summed E-state index contributed by atoms with van der Waals surface area (Å²) in [5.41, 5.74) is 0.282. The van der Waals surface area contributed by atoms with Crippen LogP contribution in [0.5, 0.6) is 0 Å². The second-order valence-corrected chi connectivity index (χ2v) is 9.51. The van der Waals surface area contributed by atoms with Crippen LogP contribution in [0.1, 0.15) is 13.3 Å². The summed E-state index contributed by atoms with van der Waals surface area (Å²) in [5, 5.41) is 2.21. The lowest BCUT2D eigenvalue weighted by Gasteiger charge is -2.14. The van der Waals surface area contributed by atoms with Gasteiger partial charge in [-0.1, -0.05) is 11.6 Å². The van der Waals surface area contributed by atoms with Crippen LogP contribution >= 0.6 is 23.4 Å². The third kappa shape index (κ3) is 6.16. The maximum atomic E-state index is 13.1. The molecule has 138 valence electrons. The number of hydrogen-bond donors (Lipinski definition) is 1. The maximum absolute atomic E-state index is 13.1. The summed E-state index contributed by atoms with van der Waals surface area (Å²) in [6, 6.07) is 3.70. The normalized spacial score (nSPS) is 20.0. The van der Waals surface area contributed by atoms with Crippen LogP contribution in [0.2, 0.25) is 5.02 Å². The van der Waals surface area contributed by atoms with Crippen LogP contribution in [0.3, 0.4) is 0 Å². The number of sulfone groups is 1. The molecule has 0 bridgehead atoms. The average molecular weight is 410 g/mol. The highest BCUT2D eigenvalue weighted by molar-refractivity contribution is 8.02. The number of esters is 1. The molecule has 0 spiro atoms. The first-order valence-corrected chi connectivity index (χ1v) is 10.7. The highest BCUT2D eigenvalue weighted by Crippen LogP contribution is 2.24. The molecule has 1 aliphatic rings. The van der Waals surface area contributed by atoms with Gasteiger partial charge in [0.15, 0.2) is 15.9 Å². The number of halogens is 2. The Morgan fingerprint density at radius 3 is 2.80 bits per heavy atom. The molecule has 6 nitrogen and oxygen atoms in total. The molecule has 1 aromatic rings. The molecule has 2 rings (SSSR count). The number of rotatable bonds is 6. The summed E-state index contributed by atoms with van der Waals surface area (Å²) in [6.45, 7) is 1.41. The van der Waals surface area contributed by atoms with Gasteiger partial charge < -0.3 is 10.1 Å². The molecule has 1 N–H and O–H groups in total. The van der Waals surface area contributed by atoms with Crippen molar-refractivity contribution < 1.29 is 27.1 Å². The van der Waals surface area contributed by atoms with E-state index < -0.39 is 33.6 Å².